The maximum Gasteiger partial charge on any atom is 0.123 e. The summed E-state index contributed by atoms with van der Waals surface area (Å²) in [6, 6.07) is 6.13. The third-order valence-corrected chi connectivity index (χ3v) is 4.63. The number of carboxylic acids is 1. The molecule has 1 fully saturated rings. The molecular weight excluding hydrogens is 271 g/mol. The van der Waals surface area contributed by atoms with Gasteiger partial charge in [0.15, 0.2) is 0 Å². The van der Waals surface area contributed by atoms with E-state index in [2.05, 4.69) is 13.8 Å². The highest BCUT2D eigenvalue weighted by molar-refractivity contribution is 5.65. The zero-order chi connectivity index (χ0) is 15.5. The Labute approximate surface area is 125 Å². The van der Waals surface area contributed by atoms with Crippen LogP contribution in [0.15, 0.2) is 24.3 Å². The van der Waals surface area contributed by atoms with Gasteiger partial charge in [0.25, 0.3) is 0 Å². The Kier molecular flexibility index (Phi) is 4.99. The summed E-state index contributed by atoms with van der Waals surface area (Å²) >= 11 is 0. The van der Waals surface area contributed by atoms with Gasteiger partial charge in [0, 0.05) is 12.6 Å². The Balaban J connectivity index is 2.23. The fourth-order valence-electron chi connectivity index (χ4n) is 3.21. The maximum atomic E-state index is 13.1. The molecule has 0 spiro atoms. The number of carbonyl (C=O) groups is 1. The number of carboxylic acid groups (broad SMARTS) is 1. The maximum absolute atomic E-state index is 13.1. The molecule has 0 saturated carbocycles. The highest BCUT2D eigenvalue weighted by atomic mass is 19.1. The average Bonchev–Trinajstić information content (AvgIpc) is 2.46. The standard InChI is InChI=1S/C17H23FO3/c1-3-17(2)11-13(8-9-21-17)15(10-16(19)20)12-4-6-14(18)7-5-12/h4-7,13,15H,3,8-11H2,1-2H3,(H,19,20)/p-1/t13-,15+,17-/m1/s1. The number of ether oxygens (including phenoxy) is 1. The molecule has 0 amide bonds. The molecule has 0 bridgehead atoms. The minimum absolute atomic E-state index is 0.0317. The van der Waals surface area contributed by atoms with Gasteiger partial charge in [-0.05, 0) is 62.1 Å². The molecule has 1 aliphatic rings. The monoisotopic (exact) mass is 293 g/mol. The predicted molar refractivity (Wildman–Crippen MR) is 76.1 cm³/mol. The van der Waals surface area contributed by atoms with Crippen molar-refractivity contribution in [1.29, 1.82) is 0 Å². The lowest BCUT2D eigenvalue weighted by atomic mass is 9.74. The smallest absolute Gasteiger partial charge is 0.123 e. The number of hydrogen-bond donors (Lipinski definition) is 0. The van der Waals surface area contributed by atoms with E-state index in [9.17, 15) is 14.3 Å². The summed E-state index contributed by atoms with van der Waals surface area (Å²) in [6.45, 7) is 4.79. The summed E-state index contributed by atoms with van der Waals surface area (Å²) in [5.74, 6) is -1.30. The van der Waals surface area contributed by atoms with E-state index in [1.54, 1.807) is 12.1 Å². The molecule has 4 heteroatoms. The molecule has 2 rings (SSSR count). The minimum atomic E-state index is -1.06. The van der Waals surface area contributed by atoms with Gasteiger partial charge in [-0.25, -0.2) is 4.39 Å². The van der Waals surface area contributed by atoms with Crippen molar-refractivity contribution in [3.63, 3.8) is 0 Å². The predicted octanol–water partition coefficient (Wildman–Crippen LogP) is 2.64. The van der Waals surface area contributed by atoms with Gasteiger partial charge in [0.2, 0.25) is 0 Å². The first-order valence-corrected chi connectivity index (χ1v) is 7.53. The molecule has 0 aliphatic carbocycles. The van der Waals surface area contributed by atoms with Gasteiger partial charge in [-0.2, -0.15) is 0 Å². The number of rotatable bonds is 5. The van der Waals surface area contributed by atoms with Gasteiger partial charge in [-0.15, -0.1) is 0 Å². The van der Waals surface area contributed by atoms with Crippen LogP contribution in [0.4, 0.5) is 4.39 Å². The van der Waals surface area contributed by atoms with Crippen molar-refractivity contribution < 1.29 is 19.0 Å². The summed E-state index contributed by atoms with van der Waals surface area (Å²) in [6.07, 6.45) is 2.50. The first kappa shape index (κ1) is 16.0. The number of hydrogen-bond acceptors (Lipinski definition) is 3. The molecule has 0 N–H and O–H groups in total. The first-order valence-electron chi connectivity index (χ1n) is 7.53. The van der Waals surface area contributed by atoms with Crippen LogP contribution in [0.2, 0.25) is 0 Å². The van der Waals surface area contributed by atoms with Crippen molar-refractivity contribution >= 4 is 5.97 Å². The number of carbonyl (C=O) groups excluding carboxylic acids is 1. The molecule has 1 heterocycles. The number of benzene rings is 1. The topological polar surface area (TPSA) is 49.4 Å². The van der Waals surface area contributed by atoms with Crippen LogP contribution in [0, 0.1) is 11.7 Å². The molecule has 21 heavy (non-hydrogen) atoms. The Bertz CT molecular complexity index is 485. The van der Waals surface area contributed by atoms with Crippen LogP contribution in [-0.2, 0) is 9.53 Å². The van der Waals surface area contributed by atoms with Gasteiger partial charge in [0.1, 0.15) is 5.82 Å². The van der Waals surface area contributed by atoms with Crippen LogP contribution in [0.5, 0.6) is 0 Å². The molecule has 1 aromatic rings. The van der Waals surface area contributed by atoms with Gasteiger partial charge in [-0.1, -0.05) is 19.1 Å². The zero-order valence-electron chi connectivity index (χ0n) is 12.6. The zero-order valence-corrected chi connectivity index (χ0v) is 12.6. The molecule has 3 nitrogen and oxygen atoms in total. The SMILES string of the molecule is CC[C@]1(C)C[C@H]([C@@H](CC(=O)[O-])c2ccc(F)cc2)CCO1. The molecule has 0 radical (unpaired) electrons. The van der Waals surface area contributed by atoms with E-state index in [1.165, 1.54) is 12.1 Å². The van der Waals surface area contributed by atoms with E-state index in [-0.39, 0.29) is 29.7 Å². The molecule has 116 valence electrons. The second-order valence-corrected chi connectivity index (χ2v) is 6.14. The van der Waals surface area contributed by atoms with E-state index in [0.29, 0.717) is 6.61 Å². The Morgan fingerprint density at radius 1 is 1.48 bits per heavy atom. The lowest BCUT2D eigenvalue weighted by Crippen LogP contribution is -2.39. The van der Waals surface area contributed by atoms with Crippen LogP contribution < -0.4 is 5.11 Å². The van der Waals surface area contributed by atoms with Crippen LogP contribution in [0.1, 0.15) is 51.0 Å². The summed E-state index contributed by atoms with van der Waals surface area (Å²) < 4.78 is 18.9. The van der Waals surface area contributed by atoms with Gasteiger partial charge in [-0.3, -0.25) is 0 Å². The second-order valence-electron chi connectivity index (χ2n) is 6.14. The highest BCUT2D eigenvalue weighted by Crippen LogP contribution is 2.41. The summed E-state index contributed by atoms with van der Waals surface area (Å²) in [4.78, 5) is 11.1. The number of halogens is 1. The third-order valence-electron chi connectivity index (χ3n) is 4.63. The normalized spacial score (nSPS) is 27.3. The molecule has 0 unspecified atom stereocenters. The quantitative estimate of drug-likeness (QED) is 0.838. The molecule has 0 aromatic heterocycles. The van der Waals surface area contributed by atoms with E-state index in [1.807, 2.05) is 0 Å². The second kappa shape index (κ2) is 6.56. The molecule has 1 saturated heterocycles. The van der Waals surface area contributed by atoms with Crippen molar-refractivity contribution in [2.45, 2.75) is 51.0 Å². The lowest BCUT2D eigenvalue weighted by molar-refractivity contribution is -0.306. The van der Waals surface area contributed by atoms with Crippen LogP contribution in [-0.4, -0.2) is 18.2 Å². The number of aliphatic carboxylic acids is 1. The van der Waals surface area contributed by atoms with E-state index in [4.69, 9.17) is 4.74 Å². The van der Waals surface area contributed by atoms with Crippen molar-refractivity contribution in [1.82, 2.24) is 0 Å². The molecular formula is C17H22FO3-. The fourth-order valence-corrected chi connectivity index (χ4v) is 3.21. The van der Waals surface area contributed by atoms with Crippen LogP contribution >= 0.6 is 0 Å². The molecule has 1 aliphatic heterocycles. The van der Waals surface area contributed by atoms with Crippen molar-refractivity contribution in [3.8, 4) is 0 Å². The Morgan fingerprint density at radius 2 is 2.14 bits per heavy atom. The highest BCUT2D eigenvalue weighted by Gasteiger charge is 2.36. The van der Waals surface area contributed by atoms with Gasteiger partial charge < -0.3 is 14.6 Å². The van der Waals surface area contributed by atoms with Crippen molar-refractivity contribution in [2.75, 3.05) is 6.61 Å². The van der Waals surface area contributed by atoms with Gasteiger partial charge >= 0.3 is 0 Å². The van der Waals surface area contributed by atoms with E-state index < -0.39 is 5.97 Å². The summed E-state index contributed by atoms with van der Waals surface area (Å²) in [7, 11) is 0. The largest absolute Gasteiger partial charge is 0.550 e. The average molecular weight is 293 g/mol. The van der Waals surface area contributed by atoms with E-state index in [0.717, 1.165) is 24.8 Å². The van der Waals surface area contributed by atoms with Crippen molar-refractivity contribution in [2.24, 2.45) is 5.92 Å². The molecule has 3 atom stereocenters. The van der Waals surface area contributed by atoms with E-state index >= 15 is 0 Å². The van der Waals surface area contributed by atoms with Crippen LogP contribution in [0.25, 0.3) is 0 Å². The molecule has 1 aromatic carbocycles. The summed E-state index contributed by atoms with van der Waals surface area (Å²) in [5, 5.41) is 11.1. The van der Waals surface area contributed by atoms with Gasteiger partial charge in [0.05, 0.1) is 5.60 Å². The fraction of sp³-hybridized carbons (Fsp3) is 0.588. The van der Waals surface area contributed by atoms with Crippen LogP contribution in [0.3, 0.4) is 0 Å². The summed E-state index contributed by atoms with van der Waals surface area (Å²) in [5.41, 5.74) is 0.665. The first-order chi connectivity index (χ1) is 9.93. The lowest BCUT2D eigenvalue weighted by Gasteiger charge is -2.41. The minimum Gasteiger partial charge on any atom is -0.550 e. The third kappa shape index (κ3) is 4.03. The van der Waals surface area contributed by atoms with Crippen molar-refractivity contribution in [3.05, 3.63) is 35.6 Å². The Morgan fingerprint density at radius 3 is 2.71 bits per heavy atom. The Hall–Kier alpha value is -1.42.